The van der Waals surface area contributed by atoms with Crippen LogP contribution in [0.4, 0.5) is 0 Å². The van der Waals surface area contributed by atoms with E-state index in [1.807, 2.05) is 18.2 Å². The zero-order valence-corrected chi connectivity index (χ0v) is 11.0. The molecule has 0 aromatic heterocycles. The second kappa shape index (κ2) is 6.39. The summed E-state index contributed by atoms with van der Waals surface area (Å²) in [5.41, 5.74) is 1.24. The molecule has 1 aromatic rings. The molecule has 1 heterocycles. The molecule has 3 heteroatoms. The van der Waals surface area contributed by atoms with Crippen molar-refractivity contribution in [3.05, 3.63) is 34.9 Å². The Morgan fingerprint density at radius 2 is 2.41 bits per heavy atom. The minimum absolute atomic E-state index is 0.343. The van der Waals surface area contributed by atoms with Gasteiger partial charge in [0, 0.05) is 24.2 Å². The van der Waals surface area contributed by atoms with Gasteiger partial charge in [0.25, 0.3) is 0 Å². The van der Waals surface area contributed by atoms with Gasteiger partial charge in [0.15, 0.2) is 0 Å². The molecule has 2 atom stereocenters. The van der Waals surface area contributed by atoms with Gasteiger partial charge in [0.2, 0.25) is 0 Å². The van der Waals surface area contributed by atoms with E-state index in [1.54, 1.807) is 0 Å². The second-order valence-electron chi connectivity index (χ2n) is 4.77. The number of hydrogen-bond acceptors (Lipinski definition) is 2. The Labute approximate surface area is 108 Å². The Kier molecular flexibility index (Phi) is 4.84. The fraction of sp³-hybridized carbons (Fsp3) is 0.571. The molecular formula is C14H20ClNO. The van der Waals surface area contributed by atoms with Crippen molar-refractivity contribution >= 4 is 11.6 Å². The Morgan fingerprint density at radius 1 is 1.53 bits per heavy atom. The zero-order chi connectivity index (χ0) is 12.1. The largest absolute Gasteiger partial charge is 0.381 e. The molecule has 94 valence electrons. The Morgan fingerprint density at radius 3 is 3.12 bits per heavy atom. The van der Waals surface area contributed by atoms with E-state index in [0.717, 1.165) is 24.8 Å². The lowest BCUT2D eigenvalue weighted by Gasteiger charge is -2.24. The van der Waals surface area contributed by atoms with Crippen LogP contribution < -0.4 is 5.32 Å². The molecule has 0 spiro atoms. The van der Waals surface area contributed by atoms with E-state index >= 15 is 0 Å². The monoisotopic (exact) mass is 253 g/mol. The first-order valence-corrected chi connectivity index (χ1v) is 6.70. The topological polar surface area (TPSA) is 21.3 Å². The number of hydrogen-bond donors (Lipinski definition) is 1. The van der Waals surface area contributed by atoms with Crippen molar-refractivity contribution in [3.8, 4) is 0 Å². The number of nitrogens with one attached hydrogen (secondary N) is 1. The van der Waals surface area contributed by atoms with E-state index in [4.69, 9.17) is 16.3 Å². The normalized spacial score (nSPS) is 22.4. The van der Waals surface area contributed by atoms with Crippen molar-refractivity contribution < 1.29 is 4.74 Å². The summed E-state index contributed by atoms with van der Waals surface area (Å²) in [6, 6.07) is 8.39. The quantitative estimate of drug-likeness (QED) is 0.888. The Balaban J connectivity index is 1.82. The first-order chi connectivity index (χ1) is 8.25. The molecule has 1 aliphatic heterocycles. The molecule has 1 N–H and O–H groups in total. The lowest BCUT2D eigenvalue weighted by atomic mass is 10.0. The molecule has 0 radical (unpaired) electrons. The highest BCUT2D eigenvalue weighted by Gasteiger charge is 2.15. The zero-order valence-electron chi connectivity index (χ0n) is 10.3. The molecule has 1 fully saturated rings. The predicted molar refractivity (Wildman–Crippen MR) is 71.4 cm³/mol. The molecule has 0 saturated carbocycles. The van der Waals surface area contributed by atoms with Gasteiger partial charge in [-0.3, -0.25) is 0 Å². The van der Waals surface area contributed by atoms with Gasteiger partial charge in [-0.1, -0.05) is 23.7 Å². The van der Waals surface area contributed by atoms with E-state index in [1.165, 1.54) is 18.4 Å². The van der Waals surface area contributed by atoms with E-state index in [0.29, 0.717) is 12.0 Å². The van der Waals surface area contributed by atoms with Gasteiger partial charge in [-0.25, -0.2) is 0 Å². The predicted octanol–water partition coefficient (Wildman–Crippen LogP) is 3.42. The molecule has 2 rings (SSSR count). The van der Waals surface area contributed by atoms with E-state index in [-0.39, 0.29) is 0 Å². The van der Waals surface area contributed by atoms with E-state index in [9.17, 15) is 0 Å². The van der Waals surface area contributed by atoms with Gasteiger partial charge < -0.3 is 10.1 Å². The summed E-state index contributed by atoms with van der Waals surface area (Å²) in [5, 5.41) is 4.36. The highest BCUT2D eigenvalue weighted by molar-refractivity contribution is 6.30. The Bertz CT molecular complexity index is 350. The van der Waals surface area contributed by atoms with Crippen LogP contribution in [0.15, 0.2) is 24.3 Å². The van der Waals surface area contributed by atoms with Crippen molar-refractivity contribution in [2.24, 2.45) is 5.92 Å². The van der Waals surface area contributed by atoms with Gasteiger partial charge in [-0.05, 0) is 43.4 Å². The summed E-state index contributed by atoms with van der Waals surface area (Å²) in [5.74, 6) is 0.658. The van der Waals surface area contributed by atoms with E-state index in [2.05, 4.69) is 18.3 Å². The smallest absolute Gasteiger partial charge is 0.0506 e. The summed E-state index contributed by atoms with van der Waals surface area (Å²) in [7, 11) is 0. The van der Waals surface area contributed by atoms with Crippen LogP contribution in [0.2, 0.25) is 5.02 Å². The lowest BCUT2D eigenvalue weighted by molar-refractivity contribution is 0.0540. The molecule has 0 amide bonds. The first-order valence-electron chi connectivity index (χ1n) is 6.32. The van der Waals surface area contributed by atoms with Crippen LogP contribution in [0, 0.1) is 5.92 Å². The van der Waals surface area contributed by atoms with Crippen molar-refractivity contribution in [3.63, 3.8) is 0 Å². The fourth-order valence-electron chi connectivity index (χ4n) is 2.21. The number of ether oxygens (including phenoxy) is 1. The maximum atomic E-state index is 5.99. The molecule has 1 saturated heterocycles. The third-order valence-corrected chi connectivity index (χ3v) is 3.55. The van der Waals surface area contributed by atoms with Gasteiger partial charge in [-0.15, -0.1) is 0 Å². The van der Waals surface area contributed by atoms with Gasteiger partial charge >= 0.3 is 0 Å². The van der Waals surface area contributed by atoms with Crippen molar-refractivity contribution in [2.75, 3.05) is 19.8 Å². The molecular weight excluding hydrogens is 234 g/mol. The number of benzene rings is 1. The van der Waals surface area contributed by atoms with Crippen molar-refractivity contribution in [1.29, 1.82) is 0 Å². The molecule has 2 nitrogen and oxygen atoms in total. The molecule has 17 heavy (non-hydrogen) atoms. The minimum atomic E-state index is 0.343. The average molecular weight is 254 g/mol. The second-order valence-corrected chi connectivity index (χ2v) is 5.20. The first kappa shape index (κ1) is 12.9. The van der Waals surface area contributed by atoms with Crippen LogP contribution >= 0.6 is 11.6 Å². The number of halogens is 1. The van der Waals surface area contributed by atoms with Crippen LogP contribution in [0.3, 0.4) is 0 Å². The summed E-state index contributed by atoms with van der Waals surface area (Å²) < 4.78 is 5.48. The molecule has 0 aliphatic carbocycles. The third-order valence-electron chi connectivity index (χ3n) is 3.32. The van der Waals surface area contributed by atoms with Gasteiger partial charge in [0.05, 0.1) is 6.61 Å². The third kappa shape index (κ3) is 3.98. The van der Waals surface area contributed by atoms with Crippen LogP contribution in [-0.4, -0.2) is 19.8 Å². The summed E-state index contributed by atoms with van der Waals surface area (Å²) in [6.45, 7) is 5.03. The molecule has 1 aromatic carbocycles. The lowest BCUT2D eigenvalue weighted by Crippen LogP contribution is -2.30. The summed E-state index contributed by atoms with van der Waals surface area (Å²) in [4.78, 5) is 0. The SMILES string of the molecule is CC(NCC1CCCOC1)c1cccc(Cl)c1. The number of rotatable bonds is 4. The van der Waals surface area contributed by atoms with Crippen LogP contribution in [-0.2, 0) is 4.74 Å². The summed E-state index contributed by atoms with van der Waals surface area (Å²) >= 11 is 5.99. The highest BCUT2D eigenvalue weighted by Crippen LogP contribution is 2.19. The molecule has 2 unspecified atom stereocenters. The van der Waals surface area contributed by atoms with Crippen molar-refractivity contribution in [1.82, 2.24) is 5.32 Å². The molecule has 1 aliphatic rings. The van der Waals surface area contributed by atoms with Gasteiger partial charge in [-0.2, -0.15) is 0 Å². The van der Waals surface area contributed by atoms with E-state index < -0.39 is 0 Å². The highest BCUT2D eigenvalue weighted by atomic mass is 35.5. The van der Waals surface area contributed by atoms with Crippen LogP contribution in [0.25, 0.3) is 0 Å². The van der Waals surface area contributed by atoms with Crippen LogP contribution in [0.5, 0.6) is 0 Å². The summed E-state index contributed by atoms with van der Waals surface area (Å²) in [6.07, 6.45) is 2.47. The maximum absolute atomic E-state index is 5.99. The van der Waals surface area contributed by atoms with Gasteiger partial charge in [0.1, 0.15) is 0 Å². The maximum Gasteiger partial charge on any atom is 0.0506 e. The van der Waals surface area contributed by atoms with Crippen molar-refractivity contribution in [2.45, 2.75) is 25.8 Å². The van der Waals surface area contributed by atoms with Crippen LogP contribution in [0.1, 0.15) is 31.4 Å². The molecule has 0 bridgehead atoms. The standard InChI is InChI=1S/C14H20ClNO/c1-11(13-5-2-6-14(15)8-13)16-9-12-4-3-7-17-10-12/h2,5-6,8,11-12,16H,3-4,7,9-10H2,1H3. The average Bonchev–Trinajstić information content (AvgIpc) is 2.37. The Hall–Kier alpha value is -0.570. The fourth-order valence-corrected chi connectivity index (χ4v) is 2.40. The minimum Gasteiger partial charge on any atom is -0.381 e.